The lowest BCUT2D eigenvalue weighted by Gasteiger charge is -2.43. The summed E-state index contributed by atoms with van der Waals surface area (Å²) in [5.41, 5.74) is 3.69. The number of halogens is 6. The molecule has 2 aromatic carbocycles. The number of ether oxygens (including phenoxy) is 2. The highest BCUT2D eigenvalue weighted by Gasteiger charge is 2.38. The fourth-order valence-electron chi connectivity index (χ4n) is 6.26. The van der Waals surface area contributed by atoms with Crippen LogP contribution in [0.3, 0.4) is 0 Å². The predicted octanol–water partition coefficient (Wildman–Crippen LogP) is 6.31. The summed E-state index contributed by atoms with van der Waals surface area (Å²) in [5.74, 6) is -3.53. The molecule has 0 bridgehead atoms. The van der Waals surface area contributed by atoms with Gasteiger partial charge in [0, 0.05) is 61.2 Å². The normalized spacial score (nSPS) is 18.9. The number of carbonyl (C=O) groups excluding carboxylic acids is 1. The number of carboxylic acids is 1. The van der Waals surface area contributed by atoms with Crippen molar-refractivity contribution < 1.29 is 46.1 Å². The molecule has 4 heterocycles. The largest absolute Gasteiger partial charge is 0.490 e. The van der Waals surface area contributed by atoms with Gasteiger partial charge in [-0.2, -0.15) is 18.3 Å². The van der Waals surface area contributed by atoms with Crippen molar-refractivity contribution in [1.82, 2.24) is 14.7 Å². The number of esters is 1. The van der Waals surface area contributed by atoms with Gasteiger partial charge < -0.3 is 24.4 Å². The minimum atomic E-state index is -5.08. The standard InChI is InChI=1S/C31H36ClF2N5O3.C2HF3O2/c1-2-42-31(40)27-17-35-39(29(27)30(33)34)24-4-3-11-38(18-24)28-16-22(32)7-10-26(28)21-5-8-23(9-6-21)36-12-14-37(15-13-36)25-19-41-20-25;3-2(4,5)1(6)7/h5-10,16-17,24-25,30H,2-4,11-15,18-20H2,1H3;(H,6,7). The van der Waals surface area contributed by atoms with E-state index in [1.165, 1.54) is 16.6 Å². The number of rotatable bonds is 8. The van der Waals surface area contributed by atoms with Gasteiger partial charge in [0.1, 0.15) is 11.3 Å². The molecule has 266 valence electrons. The van der Waals surface area contributed by atoms with Gasteiger partial charge in [0.2, 0.25) is 0 Å². The first-order chi connectivity index (χ1) is 23.4. The second-order valence-electron chi connectivity index (χ2n) is 11.9. The van der Waals surface area contributed by atoms with E-state index in [1.54, 1.807) is 6.92 Å². The average molecular weight is 714 g/mol. The van der Waals surface area contributed by atoms with E-state index in [0.717, 1.165) is 69.2 Å². The Morgan fingerprint density at radius 3 is 2.27 bits per heavy atom. The maximum Gasteiger partial charge on any atom is 0.490 e. The van der Waals surface area contributed by atoms with E-state index in [-0.39, 0.29) is 23.9 Å². The Morgan fingerprint density at radius 1 is 1.02 bits per heavy atom. The smallest absolute Gasteiger partial charge is 0.475 e. The van der Waals surface area contributed by atoms with Crippen LogP contribution in [0.1, 0.15) is 48.3 Å². The highest BCUT2D eigenvalue weighted by molar-refractivity contribution is 6.31. The van der Waals surface area contributed by atoms with E-state index >= 15 is 0 Å². The molecule has 6 rings (SSSR count). The molecule has 3 aliphatic heterocycles. The number of hydrogen-bond donors (Lipinski definition) is 1. The summed E-state index contributed by atoms with van der Waals surface area (Å²) in [6.07, 6.45) is -5.28. The third kappa shape index (κ3) is 8.62. The minimum Gasteiger partial charge on any atom is -0.475 e. The zero-order chi connectivity index (χ0) is 35.3. The summed E-state index contributed by atoms with van der Waals surface area (Å²) in [7, 11) is 0. The number of carbonyl (C=O) groups is 2. The minimum absolute atomic E-state index is 0.106. The summed E-state index contributed by atoms with van der Waals surface area (Å²) in [6.45, 7) is 8.73. The zero-order valence-electron chi connectivity index (χ0n) is 26.7. The SMILES string of the molecule is CCOC(=O)c1cnn(C2CCCN(c3cc(Cl)ccc3-c3ccc(N4CCN(C5COC5)CC4)cc3)C2)c1C(F)F.O=C(O)C(F)(F)F. The van der Waals surface area contributed by atoms with E-state index in [1.807, 2.05) is 18.2 Å². The van der Waals surface area contributed by atoms with Crippen molar-refractivity contribution in [3.63, 3.8) is 0 Å². The molecule has 16 heteroatoms. The quantitative estimate of drug-likeness (QED) is 0.213. The lowest BCUT2D eigenvalue weighted by Crippen LogP contribution is -2.56. The Kier molecular flexibility index (Phi) is 11.7. The fourth-order valence-corrected chi connectivity index (χ4v) is 6.43. The van der Waals surface area contributed by atoms with Gasteiger partial charge in [-0.15, -0.1) is 0 Å². The Balaban J connectivity index is 0.000000606. The highest BCUT2D eigenvalue weighted by atomic mass is 35.5. The van der Waals surface area contributed by atoms with Crippen LogP contribution in [0.2, 0.25) is 5.02 Å². The van der Waals surface area contributed by atoms with Crippen LogP contribution < -0.4 is 9.80 Å². The highest BCUT2D eigenvalue weighted by Crippen LogP contribution is 2.38. The molecule has 0 saturated carbocycles. The first kappa shape index (κ1) is 36.3. The van der Waals surface area contributed by atoms with Crippen molar-refractivity contribution in [1.29, 1.82) is 0 Å². The van der Waals surface area contributed by atoms with E-state index in [2.05, 4.69) is 44.1 Å². The van der Waals surface area contributed by atoms with E-state index in [9.17, 15) is 26.7 Å². The fraction of sp³-hybridized carbons (Fsp3) is 0.485. The molecular formula is C33H37ClF5N5O5. The van der Waals surface area contributed by atoms with Crippen molar-refractivity contribution in [3.8, 4) is 11.1 Å². The number of aromatic nitrogens is 2. The number of anilines is 2. The first-order valence-electron chi connectivity index (χ1n) is 15.9. The van der Waals surface area contributed by atoms with Crippen LogP contribution in [0.4, 0.5) is 33.3 Å². The van der Waals surface area contributed by atoms with Crippen LogP contribution in [0, 0.1) is 0 Å². The number of piperidine rings is 1. The van der Waals surface area contributed by atoms with Gasteiger partial charge in [-0.3, -0.25) is 9.58 Å². The number of alkyl halides is 5. The lowest BCUT2D eigenvalue weighted by molar-refractivity contribution is -0.192. The van der Waals surface area contributed by atoms with Crippen molar-refractivity contribution >= 4 is 34.9 Å². The van der Waals surface area contributed by atoms with Gasteiger partial charge in [-0.25, -0.2) is 18.4 Å². The monoisotopic (exact) mass is 713 g/mol. The summed E-state index contributed by atoms with van der Waals surface area (Å²) in [5, 5.41) is 12.0. The molecule has 0 radical (unpaired) electrons. The molecule has 3 fully saturated rings. The van der Waals surface area contributed by atoms with Crippen LogP contribution in [-0.4, -0.2) is 103 Å². The van der Waals surface area contributed by atoms with Gasteiger partial charge in [-0.1, -0.05) is 29.8 Å². The number of piperazine rings is 1. The molecule has 1 unspecified atom stereocenters. The molecule has 0 aliphatic carbocycles. The average Bonchev–Trinajstić information content (AvgIpc) is 3.51. The molecular weight excluding hydrogens is 677 g/mol. The van der Waals surface area contributed by atoms with Crippen molar-refractivity contribution in [2.24, 2.45) is 0 Å². The molecule has 49 heavy (non-hydrogen) atoms. The Hall–Kier alpha value is -3.95. The third-order valence-corrected chi connectivity index (χ3v) is 9.05. The molecule has 1 atom stereocenters. The Morgan fingerprint density at radius 2 is 1.69 bits per heavy atom. The van der Waals surface area contributed by atoms with Gasteiger partial charge in [0.05, 0.1) is 38.1 Å². The van der Waals surface area contributed by atoms with Crippen molar-refractivity contribution in [2.75, 3.05) is 68.9 Å². The zero-order valence-corrected chi connectivity index (χ0v) is 27.5. The maximum atomic E-state index is 14.2. The molecule has 1 aromatic heterocycles. The van der Waals surface area contributed by atoms with Crippen LogP contribution in [0.25, 0.3) is 11.1 Å². The molecule has 3 saturated heterocycles. The Bertz CT molecular complexity index is 1590. The second-order valence-corrected chi connectivity index (χ2v) is 12.3. The number of aliphatic carboxylic acids is 1. The van der Waals surface area contributed by atoms with Crippen molar-refractivity contribution in [2.45, 2.75) is 44.5 Å². The number of benzene rings is 2. The van der Waals surface area contributed by atoms with Crippen LogP contribution in [0.5, 0.6) is 0 Å². The predicted molar refractivity (Wildman–Crippen MR) is 173 cm³/mol. The third-order valence-electron chi connectivity index (χ3n) is 8.82. The molecule has 10 nitrogen and oxygen atoms in total. The molecule has 3 aliphatic rings. The summed E-state index contributed by atoms with van der Waals surface area (Å²) >= 11 is 6.47. The topological polar surface area (TPSA) is 100 Å². The van der Waals surface area contributed by atoms with Crippen LogP contribution in [0.15, 0.2) is 48.7 Å². The van der Waals surface area contributed by atoms with Gasteiger partial charge >= 0.3 is 18.1 Å². The lowest BCUT2D eigenvalue weighted by atomic mass is 9.99. The number of carboxylic acid groups (broad SMARTS) is 1. The summed E-state index contributed by atoms with van der Waals surface area (Å²) in [6, 6.07) is 14.7. The van der Waals surface area contributed by atoms with E-state index in [0.29, 0.717) is 24.0 Å². The van der Waals surface area contributed by atoms with Crippen molar-refractivity contribution in [3.05, 3.63) is 64.9 Å². The van der Waals surface area contributed by atoms with Gasteiger partial charge in [-0.05, 0) is 49.6 Å². The molecule has 0 amide bonds. The molecule has 3 aromatic rings. The van der Waals surface area contributed by atoms with Crippen LogP contribution >= 0.6 is 11.6 Å². The van der Waals surface area contributed by atoms with E-state index < -0.39 is 24.5 Å². The Labute approximate surface area is 284 Å². The number of hydrogen-bond acceptors (Lipinski definition) is 8. The van der Waals surface area contributed by atoms with Gasteiger partial charge in [0.15, 0.2) is 0 Å². The van der Waals surface area contributed by atoms with Gasteiger partial charge in [0.25, 0.3) is 6.43 Å². The maximum absolute atomic E-state index is 14.2. The first-order valence-corrected chi connectivity index (χ1v) is 16.3. The number of nitrogens with zero attached hydrogens (tertiary/aromatic N) is 5. The summed E-state index contributed by atoms with van der Waals surface area (Å²) < 4.78 is 71.7. The van der Waals surface area contributed by atoms with Crippen LogP contribution in [-0.2, 0) is 14.3 Å². The molecule has 1 N–H and O–H groups in total. The van der Waals surface area contributed by atoms with E-state index in [4.69, 9.17) is 31.0 Å². The summed E-state index contributed by atoms with van der Waals surface area (Å²) in [4.78, 5) is 28.4. The second kappa shape index (κ2) is 15.7. The molecule has 0 spiro atoms.